The van der Waals surface area contributed by atoms with Crippen LogP contribution in [0.15, 0.2) is 84.9 Å². The van der Waals surface area contributed by atoms with Gasteiger partial charge in [0.05, 0.1) is 13.2 Å². The molecule has 0 N–H and O–H groups in total. The Kier molecular flexibility index (Phi) is 14.8. The molecule has 0 aromatic heterocycles. The van der Waals surface area contributed by atoms with Crippen LogP contribution >= 0.6 is 0 Å². The number of rotatable bonds is 16. The predicted octanol–water partition coefficient (Wildman–Crippen LogP) is 14.2. The highest BCUT2D eigenvalue weighted by atomic mass is 19.4. The van der Waals surface area contributed by atoms with Crippen LogP contribution in [0.4, 0.5) is 26.3 Å². The highest BCUT2D eigenvalue weighted by molar-refractivity contribution is 5.47. The summed E-state index contributed by atoms with van der Waals surface area (Å²) in [4.78, 5) is 0. The topological polar surface area (TPSA) is 27.7 Å². The molecule has 0 radical (unpaired) electrons. The molecule has 0 amide bonds. The molecule has 0 bridgehead atoms. The predicted molar refractivity (Wildman–Crippen MR) is 213 cm³/mol. The van der Waals surface area contributed by atoms with Crippen molar-refractivity contribution in [2.45, 2.75) is 128 Å². The molecule has 0 unspecified atom stereocenters. The van der Waals surface area contributed by atoms with Gasteiger partial charge in [-0.15, -0.1) is 0 Å². The van der Waals surface area contributed by atoms with E-state index in [1.165, 1.54) is 75.3 Å². The van der Waals surface area contributed by atoms with Gasteiger partial charge in [0, 0.05) is 12.8 Å². The lowest BCUT2D eigenvalue weighted by Gasteiger charge is -2.28. The van der Waals surface area contributed by atoms with Crippen LogP contribution < -0.4 is 4.74 Å². The number of benzene rings is 4. The molecular formula is C48H56F6O3. The summed E-state index contributed by atoms with van der Waals surface area (Å²) in [7, 11) is 0. The van der Waals surface area contributed by atoms with E-state index in [4.69, 9.17) is 14.2 Å². The molecule has 2 aliphatic rings. The van der Waals surface area contributed by atoms with Crippen molar-refractivity contribution in [1.29, 1.82) is 0 Å². The lowest BCUT2D eigenvalue weighted by atomic mass is 9.78. The maximum Gasteiger partial charge on any atom is 0.411 e. The van der Waals surface area contributed by atoms with Crippen molar-refractivity contribution in [3.63, 3.8) is 0 Å². The summed E-state index contributed by atoms with van der Waals surface area (Å²) in [5, 5.41) is 0. The number of hydrogen-bond donors (Lipinski definition) is 0. The minimum Gasteiger partial charge on any atom is -0.457 e. The first-order valence-electron chi connectivity index (χ1n) is 20.7. The lowest BCUT2D eigenvalue weighted by Crippen LogP contribution is -2.16. The Morgan fingerprint density at radius 2 is 0.825 bits per heavy atom. The van der Waals surface area contributed by atoms with Crippen LogP contribution in [0.5, 0.6) is 11.5 Å². The Balaban J connectivity index is 1.24. The van der Waals surface area contributed by atoms with E-state index in [-0.39, 0.29) is 13.2 Å². The highest BCUT2D eigenvalue weighted by Crippen LogP contribution is 2.39. The third-order valence-electron chi connectivity index (χ3n) is 12.1. The van der Waals surface area contributed by atoms with E-state index >= 15 is 0 Å². The summed E-state index contributed by atoms with van der Waals surface area (Å²) in [6.45, 7) is 1.43. The molecule has 0 atom stereocenters. The maximum atomic E-state index is 12.9. The fourth-order valence-corrected chi connectivity index (χ4v) is 8.67. The van der Waals surface area contributed by atoms with Crippen molar-refractivity contribution in [3.8, 4) is 11.5 Å². The Morgan fingerprint density at radius 1 is 0.474 bits per heavy atom. The average molecular weight is 795 g/mol. The van der Waals surface area contributed by atoms with Crippen molar-refractivity contribution >= 4 is 0 Å². The van der Waals surface area contributed by atoms with E-state index in [1.807, 2.05) is 12.1 Å². The molecule has 57 heavy (non-hydrogen) atoms. The third kappa shape index (κ3) is 13.1. The molecule has 308 valence electrons. The summed E-state index contributed by atoms with van der Waals surface area (Å²) < 4.78 is 94.1. The van der Waals surface area contributed by atoms with E-state index in [9.17, 15) is 26.3 Å². The van der Waals surface area contributed by atoms with Crippen molar-refractivity contribution in [3.05, 3.63) is 129 Å². The fourth-order valence-electron chi connectivity index (χ4n) is 8.67. The number of halogens is 6. The SMILES string of the molecule is CCC1CCC(c2ccc(Cc3cc(COCC(F)(F)F)ccc3Oc3ccc(COCC(F)(F)F)cc3Cc3ccc(C4CCC(CC)CC4)cc3)cc2)CC1. The zero-order valence-corrected chi connectivity index (χ0v) is 33.2. The first kappa shape index (κ1) is 42.8. The van der Waals surface area contributed by atoms with Gasteiger partial charge in [-0.3, -0.25) is 0 Å². The zero-order valence-electron chi connectivity index (χ0n) is 33.2. The first-order chi connectivity index (χ1) is 27.3. The van der Waals surface area contributed by atoms with Gasteiger partial charge in [0.15, 0.2) is 0 Å². The van der Waals surface area contributed by atoms with E-state index in [0.717, 1.165) is 34.1 Å². The van der Waals surface area contributed by atoms with Crippen LogP contribution in [0.2, 0.25) is 0 Å². The van der Waals surface area contributed by atoms with Crippen molar-refractivity contribution in [1.82, 2.24) is 0 Å². The molecule has 0 heterocycles. The van der Waals surface area contributed by atoms with Crippen LogP contribution in [0.25, 0.3) is 0 Å². The molecule has 3 nitrogen and oxygen atoms in total. The second-order valence-corrected chi connectivity index (χ2v) is 16.3. The van der Waals surface area contributed by atoms with Crippen LogP contribution in [0.3, 0.4) is 0 Å². The van der Waals surface area contributed by atoms with Crippen LogP contribution in [0, 0.1) is 11.8 Å². The van der Waals surface area contributed by atoms with Gasteiger partial charge in [-0.05, 0) is 144 Å². The van der Waals surface area contributed by atoms with Crippen LogP contribution in [-0.2, 0) is 35.5 Å². The molecule has 9 heteroatoms. The molecule has 4 aromatic carbocycles. The summed E-state index contributed by atoms with van der Waals surface area (Å²) in [5.41, 5.74) is 7.49. The normalized spacial score (nSPS) is 20.4. The minimum absolute atomic E-state index is 0.208. The Morgan fingerprint density at radius 3 is 1.16 bits per heavy atom. The van der Waals surface area contributed by atoms with Gasteiger partial charge in [-0.2, -0.15) is 26.3 Å². The van der Waals surface area contributed by atoms with Gasteiger partial charge < -0.3 is 14.2 Å². The van der Waals surface area contributed by atoms with Gasteiger partial charge >= 0.3 is 12.4 Å². The van der Waals surface area contributed by atoms with Gasteiger partial charge in [0.25, 0.3) is 0 Å². The number of alkyl halides is 6. The molecule has 0 aliphatic heterocycles. The second kappa shape index (κ2) is 19.8. The minimum atomic E-state index is -4.43. The average Bonchev–Trinajstić information content (AvgIpc) is 3.19. The van der Waals surface area contributed by atoms with Gasteiger partial charge in [-0.1, -0.05) is 87.4 Å². The second-order valence-electron chi connectivity index (χ2n) is 16.3. The lowest BCUT2D eigenvalue weighted by molar-refractivity contribution is -0.177. The van der Waals surface area contributed by atoms with Crippen LogP contribution in [0.1, 0.15) is 134 Å². The maximum absolute atomic E-state index is 12.9. The summed E-state index contributed by atoms with van der Waals surface area (Å²) >= 11 is 0. The number of hydrogen-bond acceptors (Lipinski definition) is 3. The highest BCUT2D eigenvalue weighted by Gasteiger charge is 2.28. The Bertz CT molecular complexity index is 1700. The number of ether oxygens (including phenoxy) is 3. The first-order valence-corrected chi connectivity index (χ1v) is 20.7. The summed E-state index contributed by atoms with van der Waals surface area (Å²) in [5.74, 6) is 3.80. The van der Waals surface area contributed by atoms with Gasteiger partial charge in [0.2, 0.25) is 0 Å². The Labute approximate surface area is 334 Å². The van der Waals surface area contributed by atoms with Crippen molar-refractivity contribution in [2.24, 2.45) is 11.8 Å². The van der Waals surface area contributed by atoms with E-state index in [2.05, 4.69) is 62.4 Å². The zero-order chi connectivity index (χ0) is 40.4. The standard InChI is InChI=1S/C48H56F6O3/c1-3-33-5-15-39(16-6-33)41-19-9-35(10-20-41)25-43-27-37(29-55-31-47(49,50)51)13-23-45(43)57-46-24-14-38(30-56-32-48(52,53)54)28-44(46)26-36-11-21-42(22-12-36)40-17-7-34(4-2)8-18-40/h9-14,19-24,27-28,33-34,39-40H,3-8,15-18,25-26,29-32H2,1-2H3. The monoisotopic (exact) mass is 794 g/mol. The van der Waals surface area contributed by atoms with E-state index in [1.54, 1.807) is 24.3 Å². The fraction of sp³-hybridized carbons (Fsp3) is 0.500. The van der Waals surface area contributed by atoms with E-state index < -0.39 is 25.6 Å². The molecule has 2 saturated carbocycles. The molecule has 0 saturated heterocycles. The third-order valence-corrected chi connectivity index (χ3v) is 12.1. The smallest absolute Gasteiger partial charge is 0.411 e. The molecule has 0 spiro atoms. The van der Waals surface area contributed by atoms with Gasteiger partial charge in [-0.25, -0.2) is 0 Å². The summed E-state index contributed by atoms with van der Waals surface area (Å²) in [6, 6.07) is 27.9. The van der Waals surface area contributed by atoms with Crippen molar-refractivity contribution < 1.29 is 40.6 Å². The molecule has 2 fully saturated rings. The molecule has 2 aliphatic carbocycles. The Hall–Kier alpha value is -3.82. The summed E-state index contributed by atoms with van der Waals surface area (Å²) in [6.07, 6.45) is 4.31. The molecule has 6 rings (SSSR count). The quantitative estimate of drug-likeness (QED) is 0.106. The molecule has 4 aromatic rings. The van der Waals surface area contributed by atoms with Crippen molar-refractivity contribution in [2.75, 3.05) is 13.2 Å². The van der Waals surface area contributed by atoms with Crippen LogP contribution in [-0.4, -0.2) is 25.6 Å². The van der Waals surface area contributed by atoms with Gasteiger partial charge in [0.1, 0.15) is 24.7 Å². The molecular weight excluding hydrogens is 739 g/mol. The largest absolute Gasteiger partial charge is 0.457 e. The van der Waals surface area contributed by atoms with E-state index in [0.29, 0.717) is 47.3 Å².